The van der Waals surface area contributed by atoms with E-state index >= 15 is 0 Å². The van der Waals surface area contributed by atoms with Crippen molar-refractivity contribution in [1.82, 2.24) is 5.32 Å². The first-order valence-electron chi connectivity index (χ1n) is 6.34. The van der Waals surface area contributed by atoms with Crippen LogP contribution in [0.1, 0.15) is 41.6 Å². The molecule has 0 atom stereocenters. The highest BCUT2D eigenvalue weighted by Crippen LogP contribution is 2.30. The van der Waals surface area contributed by atoms with Gasteiger partial charge in [0.25, 0.3) is 15.0 Å². The largest absolute Gasteiger partial charge is 0.349 e. The van der Waals surface area contributed by atoms with Crippen LogP contribution in [0.5, 0.6) is 0 Å². The third kappa shape index (κ3) is 3.54. The first kappa shape index (κ1) is 15.8. The lowest BCUT2D eigenvalue weighted by Gasteiger charge is -2.13. The highest BCUT2D eigenvalue weighted by atomic mass is 79.9. The van der Waals surface area contributed by atoms with Crippen LogP contribution in [0.25, 0.3) is 0 Å². The number of carbonyl (C=O) groups excluding carboxylic acids is 1. The van der Waals surface area contributed by atoms with Crippen molar-refractivity contribution in [3.63, 3.8) is 0 Å². The van der Waals surface area contributed by atoms with E-state index in [0.29, 0.717) is 15.6 Å². The molecule has 1 aliphatic rings. The second-order valence-corrected chi connectivity index (χ2v) is 8.33. The second-order valence-electron chi connectivity index (χ2n) is 5.00. The molecule has 1 N–H and O–H groups in total. The number of carbonyl (C=O) groups is 1. The molecule has 0 heterocycles. The van der Waals surface area contributed by atoms with Crippen molar-refractivity contribution in [3.8, 4) is 0 Å². The molecule has 1 aromatic carbocycles. The molecule has 2 rings (SSSR count). The Balaban J connectivity index is 2.32. The molecule has 1 saturated carbocycles. The Kier molecular flexibility index (Phi) is 4.76. The summed E-state index contributed by atoms with van der Waals surface area (Å²) in [6.07, 6.45) is 4.18. The normalized spacial score (nSPS) is 16.4. The van der Waals surface area contributed by atoms with Crippen molar-refractivity contribution in [2.75, 3.05) is 0 Å². The minimum absolute atomic E-state index is 0.0734. The molecule has 7 heteroatoms. The van der Waals surface area contributed by atoms with Gasteiger partial charge in [0.05, 0.1) is 4.90 Å². The number of hydrogen-bond acceptors (Lipinski definition) is 3. The molecule has 0 unspecified atom stereocenters. The van der Waals surface area contributed by atoms with E-state index in [0.717, 1.165) is 25.7 Å². The molecule has 0 spiro atoms. The predicted molar refractivity (Wildman–Crippen MR) is 81.6 cm³/mol. The molecule has 0 aromatic heterocycles. The molecule has 0 bridgehead atoms. The van der Waals surface area contributed by atoms with Gasteiger partial charge in [-0.2, -0.15) is 0 Å². The van der Waals surface area contributed by atoms with Gasteiger partial charge in [-0.1, -0.05) is 12.8 Å². The van der Waals surface area contributed by atoms with Gasteiger partial charge in [-0.25, -0.2) is 8.42 Å². The van der Waals surface area contributed by atoms with Crippen LogP contribution >= 0.6 is 26.6 Å². The lowest BCUT2D eigenvalue weighted by Crippen LogP contribution is -2.32. The van der Waals surface area contributed by atoms with Crippen LogP contribution in [0.4, 0.5) is 0 Å². The van der Waals surface area contributed by atoms with Crippen LogP contribution in [0.15, 0.2) is 21.5 Å². The van der Waals surface area contributed by atoms with Gasteiger partial charge in [-0.3, -0.25) is 4.79 Å². The van der Waals surface area contributed by atoms with E-state index in [9.17, 15) is 13.2 Å². The fourth-order valence-corrected chi connectivity index (χ4v) is 4.54. The summed E-state index contributed by atoms with van der Waals surface area (Å²) in [5.74, 6) is -0.255. The first-order valence-corrected chi connectivity index (χ1v) is 9.45. The number of halogens is 2. The summed E-state index contributed by atoms with van der Waals surface area (Å²) in [5.41, 5.74) is 0.972. The molecule has 0 aliphatic heterocycles. The summed E-state index contributed by atoms with van der Waals surface area (Å²) < 4.78 is 23.5. The number of nitrogens with one attached hydrogen (secondary N) is 1. The average molecular weight is 381 g/mol. The van der Waals surface area contributed by atoms with E-state index in [1.165, 1.54) is 6.07 Å². The zero-order valence-corrected chi connectivity index (χ0v) is 14.1. The zero-order valence-electron chi connectivity index (χ0n) is 10.9. The molecule has 20 heavy (non-hydrogen) atoms. The Morgan fingerprint density at radius 1 is 1.35 bits per heavy atom. The van der Waals surface area contributed by atoms with Gasteiger partial charge in [-0.15, -0.1) is 0 Å². The number of rotatable bonds is 3. The smallest absolute Gasteiger partial charge is 0.262 e. The van der Waals surface area contributed by atoms with E-state index in [1.54, 1.807) is 13.0 Å². The summed E-state index contributed by atoms with van der Waals surface area (Å²) >= 11 is 3.19. The maximum atomic E-state index is 12.2. The molecule has 1 aliphatic carbocycles. The molecular formula is C13H15BrClNO3S. The molecule has 1 fully saturated rings. The maximum Gasteiger partial charge on any atom is 0.262 e. The summed E-state index contributed by atoms with van der Waals surface area (Å²) in [5, 5.41) is 2.93. The Bertz CT molecular complexity index is 639. The minimum Gasteiger partial charge on any atom is -0.349 e. The fraction of sp³-hybridized carbons (Fsp3) is 0.462. The molecule has 0 radical (unpaired) electrons. The minimum atomic E-state index is -3.89. The Morgan fingerprint density at radius 2 is 1.95 bits per heavy atom. The number of aryl methyl sites for hydroxylation is 1. The van der Waals surface area contributed by atoms with Crippen LogP contribution in [0.3, 0.4) is 0 Å². The van der Waals surface area contributed by atoms with Crippen LogP contribution in [-0.4, -0.2) is 20.4 Å². The van der Waals surface area contributed by atoms with E-state index in [2.05, 4.69) is 21.2 Å². The van der Waals surface area contributed by atoms with Crippen molar-refractivity contribution in [3.05, 3.63) is 27.7 Å². The molecule has 1 aromatic rings. The molecule has 110 valence electrons. The molecule has 4 nitrogen and oxygen atoms in total. The Labute approximate surface area is 131 Å². The molecule has 1 amide bonds. The second kappa shape index (κ2) is 6.03. The summed E-state index contributed by atoms with van der Waals surface area (Å²) in [4.78, 5) is 12.1. The topological polar surface area (TPSA) is 63.2 Å². The van der Waals surface area contributed by atoms with Gasteiger partial charge in [0, 0.05) is 26.8 Å². The van der Waals surface area contributed by atoms with Crippen LogP contribution < -0.4 is 5.32 Å². The quantitative estimate of drug-likeness (QED) is 0.818. The lowest BCUT2D eigenvalue weighted by atomic mass is 10.1. The van der Waals surface area contributed by atoms with Crippen molar-refractivity contribution in [2.24, 2.45) is 0 Å². The van der Waals surface area contributed by atoms with Crippen molar-refractivity contribution < 1.29 is 13.2 Å². The SMILES string of the molecule is Cc1cc(C(=O)NC2CCCC2)cc(S(=O)(=O)Cl)c1Br. The standard InChI is InChI=1S/C13H15BrClNO3S/c1-8-6-9(7-11(12(8)14)20(15,18)19)13(17)16-10-4-2-3-5-10/h6-7,10H,2-5H2,1H3,(H,16,17). The first-order chi connectivity index (χ1) is 9.29. The van der Waals surface area contributed by atoms with E-state index in [4.69, 9.17) is 10.7 Å². The van der Waals surface area contributed by atoms with Crippen LogP contribution in [-0.2, 0) is 9.05 Å². The summed E-state index contributed by atoms with van der Waals surface area (Å²) in [7, 11) is 1.50. The van der Waals surface area contributed by atoms with Gasteiger partial charge in [0.1, 0.15) is 0 Å². The van der Waals surface area contributed by atoms with Crippen molar-refractivity contribution in [1.29, 1.82) is 0 Å². The predicted octanol–water partition coefficient (Wildman–Crippen LogP) is 3.36. The van der Waals surface area contributed by atoms with Gasteiger partial charge in [0.15, 0.2) is 0 Å². The van der Waals surface area contributed by atoms with Crippen molar-refractivity contribution >= 4 is 41.6 Å². The molecule has 0 saturated heterocycles. The third-order valence-corrected chi connectivity index (χ3v) is 6.10. The van der Waals surface area contributed by atoms with Gasteiger partial charge < -0.3 is 5.32 Å². The Hall–Kier alpha value is -0.590. The summed E-state index contributed by atoms with van der Waals surface area (Å²) in [6.45, 7) is 1.72. The van der Waals surface area contributed by atoms with Gasteiger partial charge in [-0.05, 0) is 53.4 Å². The van der Waals surface area contributed by atoms with E-state index in [-0.39, 0.29) is 16.8 Å². The van der Waals surface area contributed by atoms with E-state index < -0.39 is 9.05 Å². The maximum absolute atomic E-state index is 12.2. The average Bonchev–Trinajstić information content (AvgIpc) is 2.83. The van der Waals surface area contributed by atoms with E-state index in [1.807, 2.05) is 0 Å². The van der Waals surface area contributed by atoms with Crippen LogP contribution in [0.2, 0.25) is 0 Å². The highest BCUT2D eigenvalue weighted by Gasteiger charge is 2.22. The third-order valence-electron chi connectivity index (χ3n) is 3.44. The van der Waals surface area contributed by atoms with Crippen molar-refractivity contribution in [2.45, 2.75) is 43.5 Å². The monoisotopic (exact) mass is 379 g/mol. The number of amides is 1. The lowest BCUT2D eigenvalue weighted by molar-refractivity contribution is 0.0937. The van der Waals surface area contributed by atoms with Gasteiger partial charge >= 0.3 is 0 Å². The molecular weight excluding hydrogens is 366 g/mol. The summed E-state index contributed by atoms with van der Waals surface area (Å²) in [6, 6.07) is 3.14. The fourth-order valence-electron chi connectivity index (χ4n) is 2.38. The van der Waals surface area contributed by atoms with Gasteiger partial charge in [0.2, 0.25) is 0 Å². The number of benzene rings is 1. The highest BCUT2D eigenvalue weighted by molar-refractivity contribution is 9.10. The zero-order chi connectivity index (χ0) is 14.9. The van der Waals surface area contributed by atoms with Crippen LogP contribution in [0, 0.1) is 6.92 Å². The Morgan fingerprint density at radius 3 is 2.50 bits per heavy atom. The number of hydrogen-bond donors (Lipinski definition) is 1.